The van der Waals surface area contributed by atoms with Crippen LogP contribution in [0.1, 0.15) is 52.9 Å². The number of hydrogen-bond acceptors (Lipinski definition) is 3. The maximum absolute atomic E-state index is 5.67. The minimum atomic E-state index is 0.359. The average Bonchev–Trinajstić information content (AvgIpc) is 2.48. The van der Waals surface area contributed by atoms with Gasteiger partial charge in [-0.25, -0.2) is 0 Å². The lowest BCUT2D eigenvalue weighted by Crippen LogP contribution is -2.44. The molecule has 0 saturated carbocycles. The molecule has 0 N–H and O–H groups in total. The van der Waals surface area contributed by atoms with Gasteiger partial charge in [0.05, 0.1) is 12.7 Å². The second-order valence-electron chi connectivity index (χ2n) is 6.86. The highest BCUT2D eigenvalue weighted by molar-refractivity contribution is 4.90. The van der Waals surface area contributed by atoms with Crippen LogP contribution >= 0.6 is 0 Å². The first-order chi connectivity index (χ1) is 9.66. The zero-order valence-corrected chi connectivity index (χ0v) is 13.7. The molecule has 0 amide bonds. The van der Waals surface area contributed by atoms with E-state index in [0.29, 0.717) is 11.5 Å². The van der Waals surface area contributed by atoms with Crippen LogP contribution in [-0.4, -0.2) is 50.5 Å². The van der Waals surface area contributed by atoms with Gasteiger partial charge in [0.2, 0.25) is 0 Å². The van der Waals surface area contributed by atoms with Crippen molar-refractivity contribution in [2.24, 2.45) is 11.3 Å². The van der Waals surface area contributed by atoms with E-state index in [1.165, 1.54) is 45.2 Å². The first kappa shape index (κ1) is 16.3. The summed E-state index contributed by atoms with van der Waals surface area (Å²) >= 11 is 0. The van der Waals surface area contributed by atoms with Gasteiger partial charge in [-0.2, -0.15) is 0 Å². The normalized spacial score (nSPS) is 25.2. The van der Waals surface area contributed by atoms with Crippen molar-refractivity contribution in [1.82, 2.24) is 4.90 Å². The molecule has 2 rings (SSSR count). The minimum Gasteiger partial charge on any atom is -0.381 e. The number of likely N-dealkylation sites (tertiary alicyclic amines) is 1. The van der Waals surface area contributed by atoms with E-state index >= 15 is 0 Å². The van der Waals surface area contributed by atoms with E-state index in [4.69, 9.17) is 9.47 Å². The predicted octanol–water partition coefficient (Wildman–Crippen LogP) is 3.33. The van der Waals surface area contributed by atoms with Crippen LogP contribution in [0.5, 0.6) is 0 Å². The minimum absolute atomic E-state index is 0.359. The van der Waals surface area contributed by atoms with Gasteiger partial charge in [-0.3, -0.25) is 0 Å². The van der Waals surface area contributed by atoms with Gasteiger partial charge in [0, 0.05) is 19.8 Å². The molecule has 0 aromatic carbocycles. The Hall–Kier alpha value is -0.120. The summed E-state index contributed by atoms with van der Waals surface area (Å²) in [5, 5.41) is 0. The average molecular weight is 283 g/mol. The SMILES string of the molecule is CCC1(C2CCN(CCOC(C)C)CC2)CCOCC1. The summed E-state index contributed by atoms with van der Waals surface area (Å²) in [6.07, 6.45) is 7.00. The molecule has 0 aromatic rings. The summed E-state index contributed by atoms with van der Waals surface area (Å²) in [6.45, 7) is 13.1. The smallest absolute Gasteiger partial charge is 0.0596 e. The Morgan fingerprint density at radius 3 is 2.40 bits per heavy atom. The van der Waals surface area contributed by atoms with E-state index in [-0.39, 0.29) is 0 Å². The topological polar surface area (TPSA) is 21.7 Å². The van der Waals surface area contributed by atoms with Crippen LogP contribution in [0.15, 0.2) is 0 Å². The number of rotatable bonds is 6. The first-order valence-corrected chi connectivity index (χ1v) is 8.58. The molecule has 0 spiro atoms. The Bertz CT molecular complexity index is 266. The lowest BCUT2D eigenvalue weighted by molar-refractivity contribution is -0.0411. The predicted molar refractivity (Wildman–Crippen MR) is 83.0 cm³/mol. The zero-order valence-electron chi connectivity index (χ0n) is 13.7. The highest BCUT2D eigenvalue weighted by atomic mass is 16.5. The Morgan fingerprint density at radius 2 is 1.85 bits per heavy atom. The molecule has 3 heteroatoms. The van der Waals surface area contributed by atoms with Crippen molar-refractivity contribution in [2.75, 3.05) is 39.5 Å². The molecule has 0 aromatic heterocycles. The van der Waals surface area contributed by atoms with Crippen LogP contribution < -0.4 is 0 Å². The van der Waals surface area contributed by atoms with Crippen molar-refractivity contribution in [1.29, 1.82) is 0 Å². The molecule has 2 fully saturated rings. The third-order valence-corrected chi connectivity index (χ3v) is 5.51. The fourth-order valence-electron chi connectivity index (χ4n) is 4.01. The van der Waals surface area contributed by atoms with Crippen LogP contribution in [0.25, 0.3) is 0 Å². The lowest BCUT2D eigenvalue weighted by Gasteiger charge is -2.46. The Morgan fingerprint density at radius 1 is 1.20 bits per heavy atom. The van der Waals surface area contributed by atoms with E-state index in [9.17, 15) is 0 Å². The number of hydrogen-bond donors (Lipinski definition) is 0. The van der Waals surface area contributed by atoms with Crippen molar-refractivity contribution in [3.8, 4) is 0 Å². The van der Waals surface area contributed by atoms with Gasteiger partial charge >= 0.3 is 0 Å². The van der Waals surface area contributed by atoms with E-state index in [1.54, 1.807) is 0 Å². The third-order valence-electron chi connectivity index (χ3n) is 5.51. The van der Waals surface area contributed by atoms with E-state index in [2.05, 4.69) is 25.7 Å². The third kappa shape index (κ3) is 4.19. The number of nitrogens with zero attached hydrogens (tertiary/aromatic N) is 1. The van der Waals surface area contributed by atoms with Gasteiger partial charge in [0.25, 0.3) is 0 Å². The zero-order chi connectivity index (χ0) is 14.4. The van der Waals surface area contributed by atoms with E-state index in [0.717, 1.165) is 32.3 Å². The fraction of sp³-hybridized carbons (Fsp3) is 1.00. The van der Waals surface area contributed by atoms with Crippen molar-refractivity contribution < 1.29 is 9.47 Å². The molecule has 0 radical (unpaired) electrons. The fourth-order valence-corrected chi connectivity index (χ4v) is 4.01. The van der Waals surface area contributed by atoms with Crippen molar-refractivity contribution in [3.05, 3.63) is 0 Å². The molecule has 20 heavy (non-hydrogen) atoms. The highest BCUT2D eigenvalue weighted by Gasteiger charge is 2.39. The van der Waals surface area contributed by atoms with Gasteiger partial charge < -0.3 is 14.4 Å². The molecule has 0 aliphatic carbocycles. The molecule has 0 unspecified atom stereocenters. The molecular weight excluding hydrogens is 250 g/mol. The van der Waals surface area contributed by atoms with E-state index in [1.807, 2.05) is 0 Å². The van der Waals surface area contributed by atoms with Gasteiger partial charge in [-0.15, -0.1) is 0 Å². The monoisotopic (exact) mass is 283 g/mol. The maximum atomic E-state index is 5.67. The van der Waals surface area contributed by atoms with Gasteiger partial charge in [-0.1, -0.05) is 13.3 Å². The molecule has 3 nitrogen and oxygen atoms in total. The number of piperidine rings is 1. The van der Waals surface area contributed by atoms with Crippen molar-refractivity contribution in [3.63, 3.8) is 0 Å². The van der Waals surface area contributed by atoms with Crippen molar-refractivity contribution in [2.45, 2.75) is 59.0 Å². The summed E-state index contributed by atoms with van der Waals surface area (Å²) in [4.78, 5) is 2.58. The van der Waals surface area contributed by atoms with Gasteiger partial charge in [-0.05, 0) is 64.0 Å². The van der Waals surface area contributed by atoms with Crippen LogP contribution in [0, 0.1) is 11.3 Å². The second kappa shape index (κ2) is 7.77. The number of ether oxygens (including phenoxy) is 2. The maximum Gasteiger partial charge on any atom is 0.0596 e. The molecular formula is C17H33NO2. The van der Waals surface area contributed by atoms with Crippen molar-refractivity contribution >= 4 is 0 Å². The molecule has 118 valence electrons. The van der Waals surface area contributed by atoms with Crippen LogP contribution in [-0.2, 0) is 9.47 Å². The summed E-state index contributed by atoms with van der Waals surface area (Å²) in [7, 11) is 0. The molecule has 0 atom stereocenters. The van der Waals surface area contributed by atoms with Gasteiger partial charge in [0.15, 0.2) is 0 Å². The van der Waals surface area contributed by atoms with E-state index < -0.39 is 0 Å². The second-order valence-corrected chi connectivity index (χ2v) is 6.86. The summed E-state index contributed by atoms with van der Waals surface area (Å²) in [5.74, 6) is 0.915. The molecule has 2 aliphatic rings. The summed E-state index contributed by atoms with van der Waals surface area (Å²) in [5.41, 5.74) is 0.582. The molecule has 2 heterocycles. The Kier molecular flexibility index (Phi) is 6.31. The molecule has 0 bridgehead atoms. The standard InChI is InChI=1S/C17H33NO2/c1-4-17(7-12-19-13-8-17)16-5-9-18(10-6-16)11-14-20-15(2)3/h15-16H,4-14H2,1-3H3. The first-order valence-electron chi connectivity index (χ1n) is 8.58. The Labute approximate surface area is 125 Å². The largest absolute Gasteiger partial charge is 0.381 e. The van der Waals surface area contributed by atoms with Crippen LogP contribution in [0.2, 0.25) is 0 Å². The van der Waals surface area contributed by atoms with Crippen LogP contribution in [0.3, 0.4) is 0 Å². The lowest BCUT2D eigenvalue weighted by atomic mass is 9.65. The van der Waals surface area contributed by atoms with Gasteiger partial charge in [0.1, 0.15) is 0 Å². The quantitative estimate of drug-likeness (QED) is 0.746. The summed E-state index contributed by atoms with van der Waals surface area (Å²) < 4.78 is 11.3. The summed E-state index contributed by atoms with van der Waals surface area (Å²) in [6, 6.07) is 0. The van der Waals surface area contributed by atoms with Crippen LogP contribution in [0.4, 0.5) is 0 Å². The highest BCUT2D eigenvalue weighted by Crippen LogP contribution is 2.45. The Balaban J connectivity index is 1.75. The molecule has 2 aliphatic heterocycles. The molecule has 2 saturated heterocycles.